The monoisotopic (exact) mass is 374 g/mol. The van der Waals surface area contributed by atoms with E-state index in [0.29, 0.717) is 5.75 Å². The number of aliphatic hydroxyl groups is 1. The number of thioether (sulfide) groups is 1. The van der Waals surface area contributed by atoms with Crippen molar-refractivity contribution in [2.24, 2.45) is 5.92 Å². The van der Waals surface area contributed by atoms with Gasteiger partial charge in [-0.2, -0.15) is 13.2 Å². The molecule has 5 nitrogen and oxygen atoms in total. The summed E-state index contributed by atoms with van der Waals surface area (Å²) in [6.07, 6.45) is -4.76. The third-order valence-corrected chi connectivity index (χ3v) is 4.80. The molecule has 0 amide bonds. The van der Waals surface area contributed by atoms with Gasteiger partial charge >= 0.3 is 6.18 Å². The minimum atomic E-state index is -4.76. The maximum Gasteiger partial charge on any atom is 0.452 e. The summed E-state index contributed by atoms with van der Waals surface area (Å²) >= 11 is 1.24. The first kappa shape index (κ1) is 17.9. The summed E-state index contributed by atoms with van der Waals surface area (Å²) in [5.74, 6) is -1.14. The fourth-order valence-electron chi connectivity index (χ4n) is 2.39. The molecule has 0 unspecified atom stereocenters. The number of nitrogens with zero attached hydrogens (tertiary/aromatic N) is 4. The maximum absolute atomic E-state index is 13.8. The van der Waals surface area contributed by atoms with Crippen LogP contribution in [-0.2, 0) is 12.8 Å². The number of fused-ring (bicyclic) bond motifs is 3. The lowest BCUT2D eigenvalue weighted by molar-refractivity contribution is -0.145. The van der Waals surface area contributed by atoms with Crippen LogP contribution in [0, 0.1) is 11.7 Å². The van der Waals surface area contributed by atoms with Crippen molar-refractivity contribution in [1.82, 2.24) is 19.6 Å². The molecule has 10 heteroatoms. The molecule has 25 heavy (non-hydrogen) atoms. The molecule has 134 valence electrons. The number of alkyl halides is 3. The molecule has 0 saturated carbocycles. The molecule has 0 aliphatic carbocycles. The van der Waals surface area contributed by atoms with E-state index in [1.165, 1.54) is 11.8 Å². The summed E-state index contributed by atoms with van der Waals surface area (Å²) in [6, 6.07) is 1.99. The average Bonchev–Trinajstić information content (AvgIpc) is 2.97. The van der Waals surface area contributed by atoms with Gasteiger partial charge in [-0.05, 0) is 12.0 Å². The van der Waals surface area contributed by atoms with Gasteiger partial charge in [0.25, 0.3) is 0 Å². The molecule has 0 fully saturated rings. The first-order valence-corrected chi connectivity index (χ1v) is 8.39. The minimum Gasteiger partial charge on any atom is -0.392 e. The third-order valence-electron chi connectivity index (χ3n) is 3.42. The second-order valence-electron chi connectivity index (χ2n) is 5.89. The van der Waals surface area contributed by atoms with E-state index in [1.54, 1.807) is 0 Å². The predicted octanol–water partition coefficient (Wildman–Crippen LogP) is 3.68. The summed E-state index contributed by atoms with van der Waals surface area (Å²) in [4.78, 5) is 4.33. The van der Waals surface area contributed by atoms with Gasteiger partial charge in [-0.3, -0.25) is 4.40 Å². The smallest absolute Gasteiger partial charge is 0.392 e. The summed E-state index contributed by atoms with van der Waals surface area (Å²) in [6.45, 7) is 3.37. The number of hydrogen-bond acceptors (Lipinski definition) is 5. The third kappa shape index (κ3) is 3.28. The van der Waals surface area contributed by atoms with E-state index in [0.717, 1.165) is 16.5 Å². The molecule has 1 N–H and O–H groups in total. The van der Waals surface area contributed by atoms with Crippen molar-refractivity contribution in [2.75, 3.05) is 5.75 Å². The molecule has 2 aromatic heterocycles. The van der Waals surface area contributed by atoms with Crippen molar-refractivity contribution in [3.05, 3.63) is 29.3 Å². The van der Waals surface area contributed by atoms with Crippen molar-refractivity contribution >= 4 is 28.4 Å². The lowest BCUT2D eigenvalue weighted by Gasteiger charge is -2.12. The second-order valence-corrected chi connectivity index (χ2v) is 6.90. The van der Waals surface area contributed by atoms with E-state index in [-0.39, 0.29) is 33.2 Å². The average molecular weight is 374 g/mol. The van der Waals surface area contributed by atoms with E-state index < -0.39 is 24.4 Å². The van der Waals surface area contributed by atoms with Crippen LogP contribution in [0.25, 0.3) is 16.7 Å². The number of benzene rings is 1. The van der Waals surface area contributed by atoms with Gasteiger partial charge in [-0.1, -0.05) is 13.8 Å². The molecular weight excluding hydrogens is 360 g/mol. The number of hydrogen-bond donors (Lipinski definition) is 1. The normalized spacial score (nSPS) is 12.6. The molecule has 3 aromatic rings. The minimum absolute atomic E-state index is 0.0834. The Bertz CT molecular complexity index is 939. The van der Waals surface area contributed by atoms with E-state index in [4.69, 9.17) is 0 Å². The molecule has 0 aliphatic heterocycles. The van der Waals surface area contributed by atoms with Crippen LogP contribution in [0.1, 0.15) is 25.2 Å². The zero-order valence-corrected chi connectivity index (χ0v) is 14.1. The van der Waals surface area contributed by atoms with Gasteiger partial charge in [0.1, 0.15) is 10.8 Å². The maximum atomic E-state index is 13.8. The van der Waals surface area contributed by atoms with E-state index in [2.05, 4.69) is 15.2 Å². The van der Waals surface area contributed by atoms with Gasteiger partial charge in [0.15, 0.2) is 5.65 Å². The fourth-order valence-corrected chi connectivity index (χ4v) is 3.30. The second kappa shape index (κ2) is 6.41. The molecule has 0 spiro atoms. The van der Waals surface area contributed by atoms with Crippen LogP contribution in [0.5, 0.6) is 0 Å². The van der Waals surface area contributed by atoms with Gasteiger partial charge in [0.2, 0.25) is 5.82 Å². The lowest BCUT2D eigenvalue weighted by atomic mass is 10.1. The first-order chi connectivity index (χ1) is 11.7. The van der Waals surface area contributed by atoms with Crippen LogP contribution in [0.2, 0.25) is 0 Å². The van der Waals surface area contributed by atoms with Crippen molar-refractivity contribution in [1.29, 1.82) is 0 Å². The molecule has 0 radical (unpaired) electrons. The SMILES string of the molecule is CC(C)CSc1nc2c(CO)cc(F)cc2n2c(C(F)(F)F)nnc12. The summed E-state index contributed by atoms with van der Waals surface area (Å²) in [5.41, 5.74) is -0.0247. The van der Waals surface area contributed by atoms with Crippen LogP contribution in [-0.4, -0.2) is 30.4 Å². The van der Waals surface area contributed by atoms with Crippen LogP contribution in [0.4, 0.5) is 17.6 Å². The number of rotatable bonds is 4. The molecule has 2 heterocycles. The molecule has 0 aliphatic rings. The van der Waals surface area contributed by atoms with Gasteiger partial charge in [0.05, 0.1) is 17.6 Å². The largest absolute Gasteiger partial charge is 0.452 e. The Labute approximate surface area is 144 Å². The Morgan fingerprint density at radius 2 is 1.96 bits per heavy atom. The molecular formula is C15H14F4N4OS. The number of aliphatic hydroxyl groups excluding tert-OH is 1. The highest BCUT2D eigenvalue weighted by molar-refractivity contribution is 7.99. The Hall–Kier alpha value is -1.94. The van der Waals surface area contributed by atoms with Crippen LogP contribution >= 0.6 is 11.8 Å². The zero-order valence-electron chi connectivity index (χ0n) is 13.3. The van der Waals surface area contributed by atoms with Gasteiger partial charge in [-0.15, -0.1) is 22.0 Å². The summed E-state index contributed by atoms with van der Waals surface area (Å²) < 4.78 is 54.5. The van der Waals surface area contributed by atoms with E-state index >= 15 is 0 Å². The molecule has 3 rings (SSSR count). The molecule has 1 aromatic carbocycles. The molecule has 0 bridgehead atoms. The summed E-state index contributed by atoms with van der Waals surface area (Å²) in [7, 11) is 0. The van der Waals surface area contributed by atoms with Crippen molar-refractivity contribution in [3.63, 3.8) is 0 Å². The Morgan fingerprint density at radius 3 is 2.56 bits per heavy atom. The van der Waals surface area contributed by atoms with Crippen molar-refractivity contribution < 1.29 is 22.7 Å². The Kier molecular flexibility index (Phi) is 4.58. The Balaban J connectivity index is 2.40. The zero-order chi connectivity index (χ0) is 18.4. The standard InChI is InChI=1S/C15H14F4N4OS/c1-7(2)6-25-13-12-21-22-14(15(17,18)19)23(12)10-4-9(16)3-8(5-24)11(10)20-13/h3-4,7,24H,5-6H2,1-2H3. The van der Waals surface area contributed by atoms with Gasteiger partial charge in [0, 0.05) is 17.4 Å². The summed E-state index contributed by atoms with van der Waals surface area (Å²) in [5, 5.41) is 16.6. The molecule has 0 atom stereocenters. The highest BCUT2D eigenvalue weighted by Gasteiger charge is 2.38. The van der Waals surface area contributed by atoms with Crippen LogP contribution in [0.3, 0.4) is 0 Å². The topological polar surface area (TPSA) is 63.3 Å². The highest BCUT2D eigenvalue weighted by atomic mass is 32.2. The van der Waals surface area contributed by atoms with Crippen LogP contribution < -0.4 is 0 Å². The first-order valence-electron chi connectivity index (χ1n) is 7.40. The highest BCUT2D eigenvalue weighted by Crippen LogP contribution is 2.34. The number of aromatic nitrogens is 4. The lowest BCUT2D eigenvalue weighted by Crippen LogP contribution is -2.12. The predicted molar refractivity (Wildman–Crippen MR) is 84.7 cm³/mol. The Morgan fingerprint density at radius 1 is 1.24 bits per heavy atom. The van der Waals surface area contributed by atoms with Gasteiger partial charge in [-0.25, -0.2) is 9.37 Å². The van der Waals surface area contributed by atoms with E-state index in [1.807, 2.05) is 13.8 Å². The van der Waals surface area contributed by atoms with Gasteiger partial charge < -0.3 is 5.11 Å². The molecule has 0 saturated heterocycles. The number of halogens is 4. The van der Waals surface area contributed by atoms with Crippen LogP contribution in [0.15, 0.2) is 17.2 Å². The van der Waals surface area contributed by atoms with E-state index in [9.17, 15) is 22.7 Å². The van der Waals surface area contributed by atoms with Crippen molar-refractivity contribution in [2.45, 2.75) is 31.7 Å². The van der Waals surface area contributed by atoms with Crippen molar-refractivity contribution in [3.8, 4) is 0 Å². The fraction of sp³-hybridized carbons (Fsp3) is 0.400. The quantitative estimate of drug-likeness (QED) is 0.558.